The zero-order chi connectivity index (χ0) is 45.8. The van der Waals surface area contributed by atoms with Gasteiger partial charge >= 0.3 is 5.97 Å². The van der Waals surface area contributed by atoms with Gasteiger partial charge in [0.2, 0.25) is 5.91 Å². The van der Waals surface area contributed by atoms with E-state index in [9.17, 15) is 19.8 Å². The summed E-state index contributed by atoms with van der Waals surface area (Å²) < 4.78 is 5.42. The Bertz CT molecular complexity index is 982. The number of esters is 1. The van der Waals surface area contributed by atoms with Gasteiger partial charge in [0.05, 0.1) is 25.4 Å². The van der Waals surface area contributed by atoms with Crippen LogP contribution in [0.15, 0.2) is 24.3 Å². The van der Waals surface area contributed by atoms with Crippen molar-refractivity contribution in [1.82, 2.24) is 5.32 Å². The topological polar surface area (TPSA) is 95.9 Å². The first-order chi connectivity index (χ1) is 31.0. The predicted octanol–water partition coefficient (Wildman–Crippen LogP) is 17.1. The Morgan fingerprint density at radius 2 is 0.746 bits per heavy atom. The third-order valence-electron chi connectivity index (χ3n) is 13.0. The number of ether oxygens (including phenoxy) is 1. The van der Waals surface area contributed by atoms with Gasteiger partial charge in [-0.2, -0.15) is 0 Å². The van der Waals surface area contributed by atoms with Gasteiger partial charge in [0.1, 0.15) is 0 Å². The van der Waals surface area contributed by atoms with E-state index in [0.717, 1.165) is 77.0 Å². The molecule has 2 unspecified atom stereocenters. The summed E-state index contributed by atoms with van der Waals surface area (Å²) >= 11 is 0. The van der Waals surface area contributed by atoms with Crippen LogP contribution in [0.1, 0.15) is 303 Å². The molecule has 6 nitrogen and oxygen atoms in total. The van der Waals surface area contributed by atoms with Crippen LogP contribution in [0.5, 0.6) is 0 Å². The van der Waals surface area contributed by atoms with Crippen molar-refractivity contribution >= 4 is 11.9 Å². The Hall–Kier alpha value is -1.66. The molecule has 0 aliphatic carbocycles. The van der Waals surface area contributed by atoms with E-state index in [4.69, 9.17) is 4.74 Å². The molecule has 0 aromatic heterocycles. The molecule has 1 amide bonds. The number of aliphatic hydroxyl groups is 2. The Kier molecular flexibility index (Phi) is 51.6. The van der Waals surface area contributed by atoms with Crippen molar-refractivity contribution in [2.75, 3.05) is 13.2 Å². The lowest BCUT2D eigenvalue weighted by atomic mass is 10.0. The van der Waals surface area contributed by atoms with Crippen LogP contribution in [0, 0.1) is 0 Å². The molecule has 372 valence electrons. The lowest BCUT2D eigenvalue weighted by molar-refractivity contribution is -0.143. The molecule has 63 heavy (non-hydrogen) atoms. The van der Waals surface area contributed by atoms with Crippen molar-refractivity contribution in [1.29, 1.82) is 0 Å². The first kappa shape index (κ1) is 61.3. The molecule has 0 spiro atoms. The van der Waals surface area contributed by atoms with Crippen LogP contribution in [0.25, 0.3) is 0 Å². The van der Waals surface area contributed by atoms with Gasteiger partial charge < -0.3 is 20.3 Å². The molecule has 0 aliphatic heterocycles. The number of rotatable bonds is 52. The molecule has 0 aromatic carbocycles. The van der Waals surface area contributed by atoms with E-state index in [1.807, 2.05) is 0 Å². The van der Waals surface area contributed by atoms with Crippen molar-refractivity contribution in [2.24, 2.45) is 0 Å². The lowest BCUT2D eigenvalue weighted by Gasteiger charge is -2.22. The highest BCUT2D eigenvalue weighted by molar-refractivity contribution is 5.76. The molecule has 0 rings (SSSR count). The number of hydrogen-bond acceptors (Lipinski definition) is 5. The molecule has 0 aliphatic rings. The number of aliphatic hydroxyl groups excluding tert-OH is 2. The number of allylic oxidation sites excluding steroid dienone is 4. The van der Waals surface area contributed by atoms with Crippen molar-refractivity contribution in [3.05, 3.63) is 24.3 Å². The summed E-state index contributed by atoms with van der Waals surface area (Å²) in [6, 6.07) is -0.568. The molecule has 0 aromatic rings. The first-order valence-electron chi connectivity index (χ1n) is 28.1. The molecule has 2 atom stereocenters. The fourth-order valence-corrected chi connectivity index (χ4v) is 8.63. The largest absolute Gasteiger partial charge is 0.466 e. The molecule has 0 fully saturated rings. The van der Waals surface area contributed by atoms with Crippen molar-refractivity contribution in [3.8, 4) is 0 Å². The molecule has 0 saturated carbocycles. The summed E-state index contributed by atoms with van der Waals surface area (Å²) in [7, 11) is 0. The van der Waals surface area contributed by atoms with Gasteiger partial charge in [-0.05, 0) is 77.0 Å². The number of nitrogens with one attached hydrogen (secondary N) is 1. The highest BCUT2D eigenvalue weighted by Crippen LogP contribution is 2.17. The minimum absolute atomic E-state index is 0.0457. The third kappa shape index (κ3) is 49.6. The first-order valence-corrected chi connectivity index (χ1v) is 28.1. The zero-order valence-corrected chi connectivity index (χ0v) is 42.3. The van der Waals surface area contributed by atoms with E-state index in [0.29, 0.717) is 25.9 Å². The van der Waals surface area contributed by atoms with Crippen LogP contribution in [-0.2, 0) is 14.3 Å². The van der Waals surface area contributed by atoms with Crippen molar-refractivity contribution in [2.45, 2.75) is 315 Å². The second kappa shape index (κ2) is 53.0. The average molecular weight is 889 g/mol. The molecule has 3 N–H and O–H groups in total. The number of hydrogen-bond donors (Lipinski definition) is 3. The van der Waals surface area contributed by atoms with Gasteiger partial charge in [0.25, 0.3) is 0 Å². The van der Waals surface area contributed by atoms with Gasteiger partial charge in [0.15, 0.2) is 0 Å². The fraction of sp³-hybridized carbons (Fsp3) is 0.895. The van der Waals surface area contributed by atoms with Crippen LogP contribution >= 0.6 is 0 Å². The van der Waals surface area contributed by atoms with Gasteiger partial charge in [-0.25, -0.2) is 0 Å². The van der Waals surface area contributed by atoms with E-state index in [-0.39, 0.29) is 18.5 Å². The Balaban J connectivity index is 3.51. The smallest absolute Gasteiger partial charge is 0.305 e. The molecule has 0 heterocycles. The number of carbonyl (C=O) groups is 2. The minimum Gasteiger partial charge on any atom is -0.466 e. The molecule has 0 bridgehead atoms. The maximum absolute atomic E-state index is 12.5. The third-order valence-corrected chi connectivity index (χ3v) is 13.0. The standard InChI is InChI=1S/C57H109NO5/c1-3-5-7-9-11-13-15-17-18-19-20-21-22-23-24-25-26-27-28-29-33-37-41-45-49-55(60)54(53-59)58-56(61)50-46-42-38-34-31-32-36-40-44-48-52-63-57(62)51-47-43-39-35-30-16-14-12-10-8-6-4-2/h12,14,32,36,54-55,59-60H,3-11,13,15-31,33-35,37-53H2,1-2H3,(H,58,61)/b14-12-,36-32-. The average Bonchev–Trinajstić information content (AvgIpc) is 3.28. The van der Waals surface area contributed by atoms with E-state index < -0.39 is 12.1 Å². The van der Waals surface area contributed by atoms with E-state index >= 15 is 0 Å². The SMILES string of the molecule is CCCCC/C=C\CCCCCCCC(=O)OCCCC/C=C\CCCCCCC(=O)NC(CO)C(O)CCCCCCCCCCCCCCCCCCCCCCCCCC. The Labute approximate surface area is 392 Å². The van der Waals surface area contributed by atoms with Gasteiger partial charge in [-0.15, -0.1) is 0 Å². The zero-order valence-electron chi connectivity index (χ0n) is 42.3. The number of carbonyl (C=O) groups excluding carboxylic acids is 2. The quantitative estimate of drug-likeness (QED) is 0.0321. The second-order valence-corrected chi connectivity index (χ2v) is 19.3. The van der Waals surface area contributed by atoms with Gasteiger partial charge in [-0.1, -0.05) is 237 Å². The van der Waals surface area contributed by atoms with Crippen LogP contribution in [0.3, 0.4) is 0 Å². The van der Waals surface area contributed by atoms with Crippen LogP contribution in [0.2, 0.25) is 0 Å². The normalized spacial score (nSPS) is 12.8. The predicted molar refractivity (Wildman–Crippen MR) is 273 cm³/mol. The number of unbranched alkanes of at least 4 members (excludes halogenated alkanes) is 37. The summed E-state index contributed by atoms with van der Waals surface area (Å²) in [6.07, 6.45) is 63.1. The molecular weight excluding hydrogens is 779 g/mol. The second-order valence-electron chi connectivity index (χ2n) is 19.3. The lowest BCUT2D eigenvalue weighted by Crippen LogP contribution is -2.45. The molecule has 6 heteroatoms. The van der Waals surface area contributed by atoms with Gasteiger partial charge in [-0.3, -0.25) is 9.59 Å². The maximum atomic E-state index is 12.5. The molecular formula is C57H109NO5. The Morgan fingerprint density at radius 3 is 1.16 bits per heavy atom. The summed E-state index contributed by atoms with van der Waals surface area (Å²) in [4.78, 5) is 24.5. The summed E-state index contributed by atoms with van der Waals surface area (Å²) in [5, 5.41) is 23.3. The van der Waals surface area contributed by atoms with Gasteiger partial charge in [0, 0.05) is 12.8 Å². The van der Waals surface area contributed by atoms with E-state index in [1.54, 1.807) is 0 Å². The number of amides is 1. The van der Waals surface area contributed by atoms with Crippen LogP contribution < -0.4 is 5.32 Å². The molecule has 0 radical (unpaired) electrons. The van der Waals surface area contributed by atoms with Crippen LogP contribution in [0.4, 0.5) is 0 Å². The summed E-state index contributed by atoms with van der Waals surface area (Å²) in [5.41, 5.74) is 0. The fourth-order valence-electron chi connectivity index (χ4n) is 8.63. The Morgan fingerprint density at radius 1 is 0.429 bits per heavy atom. The van der Waals surface area contributed by atoms with Crippen LogP contribution in [-0.4, -0.2) is 47.4 Å². The highest BCUT2D eigenvalue weighted by Gasteiger charge is 2.20. The van der Waals surface area contributed by atoms with E-state index in [1.165, 1.54) is 193 Å². The van der Waals surface area contributed by atoms with E-state index in [2.05, 4.69) is 43.5 Å². The molecule has 0 saturated heterocycles. The maximum Gasteiger partial charge on any atom is 0.305 e. The minimum atomic E-state index is -0.687. The summed E-state index contributed by atoms with van der Waals surface area (Å²) in [5.74, 6) is -0.115. The highest BCUT2D eigenvalue weighted by atomic mass is 16.5. The monoisotopic (exact) mass is 888 g/mol. The van der Waals surface area contributed by atoms with Crippen molar-refractivity contribution in [3.63, 3.8) is 0 Å². The summed E-state index contributed by atoms with van der Waals surface area (Å²) in [6.45, 7) is 4.85. The van der Waals surface area contributed by atoms with Crippen molar-refractivity contribution < 1.29 is 24.5 Å².